The molecule has 6 heteroatoms. The van der Waals surface area contributed by atoms with Crippen molar-refractivity contribution in [1.82, 2.24) is 19.8 Å². The Labute approximate surface area is 168 Å². The number of carbonyl (C=O) groups excluding carboxylic acids is 2. The highest BCUT2D eigenvalue weighted by molar-refractivity contribution is 5.97. The van der Waals surface area contributed by atoms with E-state index in [4.69, 9.17) is 0 Å². The molecule has 3 aliphatic rings. The number of imidazole rings is 1. The fourth-order valence-corrected chi connectivity index (χ4v) is 4.98. The lowest BCUT2D eigenvalue weighted by atomic mass is 10.1. The van der Waals surface area contributed by atoms with Gasteiger partial charge in [0.05, 0.1) is 5.69 Å². The molecule has 28 heavy (non-hydrogen) atoms. The molecule has 154 valence electrons. The summed E-state index contributed by atoms with van der Waals surface area (Å²) in [5.74, 6) is 0.392. The van der Waals surface area contributed by atoms with E-state index in [9.17, 15) is 9.59 Å². The largest absolute Gasteiger partial charge is 0.347 e. The second-order valence-electron chi connectivity index (χ2n) is 8.71. The second-order valence-corrected chi connectivity index (χ2v) is 8.71. The predicted octanol–water partition coefficient (Wildman–Crippen LogP) is 3.69. The summed E-state index contributed by atoms with van der Waals surface area (Å²) in [4.78, 5) is 32.9. The molecule has 4 rings (SSSR count). The van der Waals surface area contributed by atoms with Crippen LogP contribution in [0.25, 0.3) is 0 Å². The molecule has 1 N–H and O–H groups in total. The summed E-state index contributed by atoms with van der Waals surface area (Å²) in [5, 5.41) is 3.22. The van der Waals surface area contributed by atoms with Crippen molar-refractivity contribution in [2.75, 3.05) is 13.1 Å². The highest BCUT2D eigenvalue weighted by Gasteiger charge is 2.30. The molecule has 6 nitrogen and oxygen atoms in total. The Morgan fingerprint density at radius 1 is 0.821 bits per heavy atom. The van der Waals surface area contributed by atoms with Crippen LogP contribution < -0.4 is 5.32 Å². The highest BCUT2D eigenvalue weighted by atomic mass is 16.2. The lowest BCUT2D eigenvalue weighted by Crippen LogP contribution is -2.36. The summed E-state index contributed by atoms with van der Waals surface area (Å²) < 4.78 is 2.03. The van der Waals surface area contributed by atoms with Gasteiger partial charge >= 0.3 is 0 Å². The molecule has 1 aliphatic carbocycles. The SMILES string of the molecule is O=C(NC1CCCCCC1)c1nc(C(=O)N2CCCCCC2)c2n1CCCC2. The maximum Gasteiger partial charge on any atom is 0.287 e. The van der Waals surface area contributed by atoms with Gasteiger partial charge in [-0.25, -0.2) is 4.98 Å². The topological polar surface area (TPSA) is 67.2 Å². The summed E-state index contributed by atoms with van der Waals surface area (Å²) in [7, 11) is 0. The smallest absolute Gasteiger partial charge is 0.287 e. The lowest BCUT2D eigenvalue weighted by molar-refractivity contribution is 0.0754. The molecule has 1 saturated heterocycles. The Balaban J connectivity index is 1.55. The predicted molar refractivity (Wildman–Crippen MR) is 108 cm³/mol. The summed E-state index contributed by atoms with van der Waals surface area (Å²) >= 11 is 0. The van der Waals surface area contributed by atoms with E-state index in [-0.39, 0.29) is 17.9 Å². The van der Waals surface area contributed by atoms with Gasteiger partial charge in [0.25, 0.3) is 11.8 Å². The van der Waals surface area contributed by atoms with E-state index in [0.29, 0.717) is 11.5 Å². The first-order chi connectivity index (χ1) is 13.7. The van der Waals surface area contributed by atoms with Crippen LogP contribution >= 0.6 is 0 Å². The van der Waals surface area contributed by atoms with Crippen molar-refractivity contribution in [2.24, 2.45) is 0 Å². The normalized spacial score (nSPS) is 21.5. The number of likely N-dealkylation sites (tertiary alicyclic amines) is 1. The molecule has 1 aromatic rings. The van der Waals surface area contributed by atoms with E-state index < -0.39 is 0 Å². The van der Waals surface area contributed by atoms with Gasteiger partial charge in [0, 0.05) is 25.7 Å². The maximum absolute atomic E-state index is 13.2. The van der Waals surface area contributed by atoms with E-state index in [2.05, 4.69) is 10.3 Å². The number of rotatable bonds is 3. The average Bonchev–Trinajstić information content (AvgIpc) is 2.91. The van der Waals surface area contributed by atoms with Crippen molar-refractivity contribution in [3.05, 3.63) is 17.2 Å². The standard InChI is InChI=1S/C22H34N4O2/c27-21(23-17-11-5-1-2-6-12-17)20-24-19(18-13-7-10-16-26(18)20)22(28)25-14-8-3-4-9-15-25/h17H,1-16H2,(H,23,27). The molecule has 2 amide bonds. The van der Waals surface area contributed by atoms with Crippen LogP contribution in [-0.4, -0.2) is 45.4 Å². The molecule has 0 atom stereocenters. The van der Waals surface area contributed by atoms with Gasteiger partial charge in [-0.05, 0) is 44.9 Å². The van der Waals surface area contributed by atoms with Crippen LogP contribution in [-0.2, 0) is 13.0 Å². The third-order valence-corrected chi connectivity index (χ3v) is 6.61. The van der Waals surface area contributed by atoms with Crippen LogP contribution in [0.3, 0.4) is 0 Å². The number of aromatic nitrogens is 2. The number of hydrogen-bond donors (Lipinski definition) is 1. The molecule has 0 radical (unpaired) electrons. The molecule has 2 aliphatic heterocycles. The molecule has 3 heterocycles. The van der Waals surface area contributed by atoms with Crippen molar-refractivity contribution >= 4 is 11.8 Å². The van der Waals surface area contributed by atoms with Gasteiger partial charge in [-0.1, -0.05) is 38.5 Å². The molecule has 0 bridgehead atoms. The van der Waals surface area contributed by atoms with Crippen LogP contribution in [0.15, 0.2) is 0 Å². The first kappa shape index (κ1) is 19.5. The van der Waals surface area contributed by atoms with Crippen LogP contribution in [0, 0.1) is 0 Å². The van der Waals surface area contributed by atoms with Gasteiger partial charge in [0.1, 0.15) is 5.69 Å². The van der Waals surface area contributed by atoms with Crippen molar-refractivity contribution < 1.29 is 9.59 Å². The van der Waals surface area contributed by atoms with E-state index in [1.54, 1.807) is 0 Å². The van der Waals surface area contributed by atoms with Gasteiger partial charge in [-0.3, -0.25) is 9.59 Å². The van der Waals surface area contributed by atoms with Crippen LogP contribution in [0.1, 0.15) is 104 Å². The van der Waals surface area contributed by atoms with Gasteiger partial charge in [0.15, 0.2) is 5.82 Å². The molecule has 0 spiro atoms. The monoisotopic (exact) mass is 386 g/mol. The quantitative estimate of drug-likeness (QED) is 0.806. The van der Waals surface area contributed by atoms with Crippen LogP contribution in [0.4, 0.5) is 0 Å². The minimum Gasteiger partial charge on any atom is -0.347 e. The van der Waals surface area contributed by atoms with Crippen molar-refractivity contribution in [3.63, 3.8) is 0 Å². The fraction of sp³-hybridized carbons (Fsp3) is 0.773. The van der Waals surface area contributed by atoms with Crippen molar-refractivity contribution in [3.8, 4) is 0 Å². The zero-order chi connectivity index (χ0) is 19.3. The Morgan fingerprint density at radius 3 is 2.18 bits per heavy atom. The molecule has 1 aromatic heterocycles. The van der Waals surface area contributed by atoms with Gasteiger partial charge in [-0.15, -0.1) is 0 Å². The van der Waals surface area contributed by atoms with Crippen molar-refractivity contribution in [2.45, 2.75) is 96.1 Å². The highest BCUT2D eigenvalue weighted by Crippen LogP contribution is 2.24. The van der Waals surface area contributed by atoms with Crippen LogP contribution in [0.5, 0.6) is 0 Å². The first-order valence-electron chi connectivity index (χ1n) is 11.4. The minimum atomic E-state index is -0.0926. The van der Waals surface area contributed by atoms with E-state index >= 15 is 0 Å². The van der Waals surface area contributed by atoms with Gasteiger partial charge in [-0.2, -0.15) is 0 Å². The number of fused-ring (bicyclic) bond motifs is 1. The summed E-state index contributed by atoms with van der Waals surface area (Å²) in [6, 6.07) is 0.247. The Morgan fingerprint density at radius 2 is 1.46 bits per heavy atom. The number of hydrogen-bond acceptors (Lipinski definition) is 3. The van der Waals surface area contributed by atoms with E-state index in [1.165, 1.54) is 38.5 Å². The number of nitrogens with zero attached hydrogens (tertiary/aromatic N) is 3. The summed E-state index contributed by atoms with van der Waals surface area (Å²) in [6.07, 6.45) is 14.5. The lowest BCUT2D eigenvalue weighted by Gasteiger charge is -2.21. The molecule has 1 saturated carbocycles. The fourth-order valence-electron chi connectivity index (χ4n) is 4.98. The second kappa shape index (κ2) is 9.10. The number of nitrogens with one attached hydrogen (secondary N) is 1. The molecule has 0 unspecified atom stereocenters. The van der Waals surface area contributed by atoms with Gasteiger partial charge < -0.3 is 14.8 Å². The Hall–Kier alpha value is -1.85. The zero-order valence-corrected chi connectivity index (χ0v) is 17.0. The number of carbonyl (C=O) groups is 2. The molecule has 0 aromatic carbocycles. The average molecular weight is 387 g/mol. The minimum absolute atomic E-state index is 0.0288. The summed E-state index contributed by atoms with van der Waals surface area (Å²) in [5.41, 5.74) is 1.51. The third-order valence-electron chi connectivity index (χ3n) is 6.61. The maximum atomic E-state index is 13.2. The zero-order valence-electron chi connectivity index (χ0n) is 17.0. The van der Waals surface area contributed by atoms with Crippen molar-refractivity contribution in [1.29, 1.82) is 0 Å². The third kappa shape index (κ3) is 4.26. The molecular weight excluding hydrogens is 352 g/mol. The Kier molecular flexibility index (Phi) is 6.33. The molecule has 2 fully saturated rings. The summed E-state index contributed by atoms with van der Waals surface area (Å²) in [6.45, 7) is 2.42. The number of amides is 2. The van der Waals surface area contributed by atoms with E-state index in [1.807, 2.05) is 9.47 Å². The van der Waals surface area contributed by atoms with Gasteiger partial charge in [0.2, 0.25) is 0 Å². The first-order valence-corrected chi connectivity index (χ1v) is 11.4. The Bertz CT molecular complexity index is 696. The van der Waals surface area contributed by atoms with E-state index in [0.717, 1.165) is 70.3 Å². The molecular formula is C22H34N4O2. The van der Waals surface area contributed by atoms with Crippen LogP contribution in [0.2, 0.25) is 0 Å².